The van der Waals surface area contributed by atoms with Crippen molar-refractivity contribution >= 4 is 34.1 Å². The van der Waals surface area contributed by atoms with Gasteiger partial charge in [0.1, 0.15) is 30.3 Å². The molecule has 1 aliphatic heterocycles. The van der Waals surface area contributed by atoms with Crippen LogP contribution in [0.15, 0.2) is 54.7 Å². The number of benzene rings is 2. The van der Waals surface area contributed by atoms with E-state index in [0.29, 0.717) is 10.7 Å². The Kier molecular flexibility index (Phi) is 4.82. The molecule has 2 aromatic carbocycles. The predicted molar refractivity (Wildman–Crippen MR) is 122 cm³/mol. The average molecular weight is 420 g/mol. The summed E-state index contributed by atoms with van der Waals surface area (Å²) >= 11 is 6.63. The van der Waals surface area contributed by atoms with E-state index in [4.69, 9.17) is 21.3 Å². The molecule has 0 atom stereocenters. The quantitative estimate of drug-likeness (QED) is 0.442. The standard InChI is InChI=1S/C24H24ClN4O/c1-16-3-5-18(6-4-16)29(9-11-30-12-10-29)19-7-8-21(25)20(14-19)23-27-22-13-17(2)15-26-24(22)28-23/h3-8,13-15H,9-12H2,1-2H3,(H,26,27,28)/q+1. The molecule has 3 heterocycles. The predicted octanol–water partition coefficient (Wildman–Crippen LogP) is 5.56. The highest BCUT2D eigenvalue weighted by molar-refractivity contribution is 6.33. The number of rotatable bonds is 3. The topological polar surface area (TPSA) is 50.8 Å². The second-order valence-corrected chi connectivity index (χ2v) is 8.40. The first-order valence-corrected chi connectivity index (χ1v) is 10.6. The molecule has 30 heavy (non-hydrogen) atoms. The van der Waals surface area contributed by atoms with Crippen molar-refractivity contribution in [1.82, 2.24) is 19.4 Å². The summed E-state index contributed by atoms with van der Waals surface area (Å²) < 4.78 is 6.45. The van der Waals surface area contributed by atoms with Gasteiger partial charge in [-0.05, 0) is 43.7 Å². The minimum Gasteiger partial charge on any atom is -0.370 e. The Morgan fingerprint density at radius 3 is 2.43 bits per heavy atom. The maximum atomic E-state index is 6.63. The summed E-state index contributed by atoms with van der Waals surface area (Å²) in [7, 11) is 0. The molecule has 0 spiro atoms. The van der Waals surface area contributed by atoms with Crippen LogP contribution in [0.4, 0.5) is 11.4 Å². The highest BCUT2D eigenvalue weighted by atomic mass is 35.5. The lowest BCUT2D eigenvalue weighted by Gasteiger charge is -2.40. The van der Waals surface area contributed by atoms with Gasteiger partial charge >= 0.3 is 0 Å². The number of aromatic amines is 1. The van der Waals surface area contributed by atoms with Crippen molar-refractivity contribution in [3.8, 4) is 11.4 Å². The summed E-state index contributed by atoms with van der Waals surface area (Å²) in [6.45, 7) is 7.34. The number of morpholine rings is 1. The van der Waals surface area contributed by atoms with Crippen molar-refractivity contribution in [2.24, 2.45) is 0 Å². The highest BCUT2D eigenvalue weighted by Crippen LogP contribution is 2.40. The zero-order valence-electron chi connectivity index (χ0n) is 17.2. The fourth-order valence-electron chi connectivity index (χ4n) is 4.24. The van der Waals surface area contributed by atoms with Gasteiger partial charge in [0, 0.05) is 23.9 Å². The fraction of sp³-hybridized carbons (Fsp3) is 0.250. The molecule has 0 unspecified atom stereocenters. The number of ether oxygens (including phenoxy) is 1. The van der Waals surface area contributed by atoms with Gasteiger partial charge in [-0.1, -0.05) is 29.3 Å². The van der Waals surface area contributed by atoms with Crippen molar-refractivity contribution in [2.45, 2.75) is 13.8 Å². The Bertz CT molecular complexity index is 1210. The Balaban J connectivity index is 1.65. The lowest BCUT2D eigenvalue weighted by Crippen LogP contribution is -2.52. The number of pyridine rings is 1. The van der Waals surface area contributed by atoms with E-state index in [1.54, 1.807) is 0 Å². The first-order chi connectivity index (χ1) is 14.5. The van der Waals surface area contributed by atoms with Gasteiger partial charge in [-0.3, -0.25) is 4.48 Å². The molecule has 0 amide bonds. The van der Waals surface area contributed by atoms with Gasteiger partial charge in [-0.2, -0.15) is 0 Å². The molecule has 0 aliphatic carbocycles. The van der Waals surface area contributed by atoms with E-state index >= 15 is 0 Å². The van der Waals surface area contributed by atoms with Crippen LogP contribution < -0.4 is 4.48 Å². The molecule has 6 heteroatoms. The molecule has 1 N–H and O–H groups in total. The van der Waals surface area contributed by atoms with Crippen molar-refractivity contribution in [2.75, 3.05) is 26.3 Å². The fourth-order valence-corrected chi connectivity index (χ4v) is 4.45. The Morgan fingerprint density at radius 1 is 0.933 bits per heavy atom. The van der Waals surface area contributed by atoms with Crippen LogP contribution in [-0.2, 0) is 4.74 Å². The molecule has 4 aromatic rings. The number of H-pyrrole nitrogens is 1. The van der Waals surface area contributed by atoms with E-state index in [2.05, 4.69) is 59.4 Å². The highest BCUT2D eigenvalue weighted by Gasteiger charge is 2.36. The van der Waals surface area contributed by atoms with Crippen LogP contribution in [0, 0.1) is 13.8 Å². The molecule has 0 radical (unpaired) electrons. The smallest absolute Gasteiger partial charge is 0.178 e. The molecule has 5 rings (SSSR count). The third kappa shape index (κ3) is 3.29. The first kappa shape index (κ1) is 19.2. The van der Waals surface area contributed by atoms with Crippen molar-refractivity contribution in [3.63, 3.8) is 0 Å². The Morgan fingerprint density at radius 2 is 1.67 bits per heavy atom. The summed E-state index contributed by atoms with van der Waals surface area (Å²) in [6.07, 6.45) is 1.83. The molecule has 1 aliphatic rings. The number of nitrogens with one attached hydrogen (secondary N) is 1. The lowest BCUT2D eigenvalue weighted by molar-refractivity contribution is 0.0642. The van der Waals surface area contributed by atoms with Gasteiger partial charge in [0.15, 0.2) is 5.65 Å². The maximum Gasteiger partial charge on any atom is 0.178 e. The number of halogens is 1. The van der Waals surface area contributed by atoms with Crippen LogP contribution in [0.2, 0.25) is 5.02 Å². The summed E-state index contributed by atoms with van der Waals surface area (Å²) in [6, 6.07) is 17.1. The minimum atomic E-state index is 0.671. The molecule has 0 saturated carbocycles. The summed E-state index contributed by atoms with van der Waals surface area (Å²) in [5.74, 6) is 0.741. The van der Waals surface area contributed by atoms with Crippen molar-refractivity contribution in [3.05, 3.63) is 70.9 Å². The van der Waals surface area contributed by atoms with E-state index in [1.807, 2.05) is 19.2 Å². The van der Waals surface area contributed by atoms with Crippen LogP contribution in [0.1, 0.15) is 11.1 Å². The monoisotopic (exact) mass is 419 g/mol. The molecule has 5 nitrogen and oxygen atoms in total. The molecule has 0 bridgehead atoms. The zero-order valence-corrected chi connectivity index (χ0v) is 17.9. The third-order valence-corrected chi connectivity index (χ3v) is 6.27. The number of imidazole rings is 1. The normalized spacial score (nSPS) is 16.1. The van der Waals surface area contributed by atoms with Crippen LogP contribution in [-0.4, -0.2) is 41.3 Å². The first-order valence-electron chi connectivity index (χ1n) is 10.2. The number of aromatic nitrogens is 3. The third-order valence-electron chi connectivity index (χ3n) is 5.94. The maximum absolute atomic E-state index is 6.63. The van der Waals surface area contributed by atoms with Gasteiger partial charge in [-0.25, -0.2) is 9.97 Å². The van der Waals surface area contributed by atoms with Gasteiger partial charge in [0.05, 0.1) is 23.8 Å². The number of fused-ring (bicyclic) bond motifs is 1. The van der Waals surface area contributed by atoms with E-state index < -0.39 is 0 Å². The second-order valence-electron chi connectivity index (χ2n) is 8.00. The molecule has 1 fully saturated rings. The summed E-state index contributed by atoms with van der Waals surface area (Å²) in [5.41, 5.74) is 7.30. The van der Waals surface area contributed by atoms with E-state index in [9.17, 15) is 0 Å². The summed E-state index contributed by atoms with van der Waals surface area (Å²) in [4.78, 5) is 12.5. The van der Waals surface area contributed by atoms with Crippen molar-refractivity contribution < 1.29 is 4.74 Å². The average Bonchev–Trinajstić information content (AvgIpc) is 3.18. The van der Waals surface area contributed by atoms with Crippen molar-refractivity contribution in [1.29, 1.82) is 0 Å². The number of aryl methyl sites for hydroxylation is 2. The van der Waals surface area contributed by atoms with E-state index in [-0.39, 0.29) is 0 Å². The SMILES string of the molecule is Cc1ccc([N+]2(c3ccc(Cl)c(-c4nc5ncc(C)cc5[nH]4)c3)CCOCC2)cc1. The van der Waals surface area contributed by atoms with Gasteiger partial charge in [0.2, 0.25) is 0 Å². The van der Waals surface area contributed by atoms with Crippen LogP contribution in [0.25, 0.3) is 22.6 Å². The molecule has 152 valence electrons. The molecular formula is C24H24ClN4O+. The van der Waals surface area contributed by atoms with Crippen LogP contribution in [0.5, 0.6) is 0 Å². The second kappa shape index (κ2) is 7.51. The number of hydrogen-bond acceptors (Lipinski definition) is 3. The largest absolute Gasteiger partial charge is 0.370 e. The Labute approximate surface area is 180 Å². The van der Waals surface area contributed by atoms with E-state index in [1.165, 1.54) is 16.9 Å². The van der Waals surface area contributed by atoms with Crippen LogP contribution >= 0.6 is 11.6 Å². The molecule has 1 saturated heterocycles. The molecular weight excluding hydrogens is 396 g/mol. The number of nitrogens with zero attached hydrogens (tertiary/aromatic N) is 3. The van der Waals surface area contributed by atoms with E-state index in [0.717, 1.165) is 53.3 Å². The van der Waals surface area contributed by atoms with Gasteiger partial charge in [0.25, 0.3) is 0 Å². The van der Waals surface area contributed by atoms with Gasteiger partial charge in [-0.15, -0.1) is 0 Å². The Hall–Kier alpha value is -2.73. The molecule has 2 aromatic heterocycles. The minimum absolute atomic E-state index is 0.671. The number of hydrogen-bond donors (Lipinski definition) is 1. The number of quaternary nitrogens is 1. The van der Waals surface area contributed by atoms with Crippen LogP contribution in [0.3, 0.4) is 0 Å². The van der Waals surface area contributed by atoms with Gasteiger partial charge < -0.3 is 9.72 Å². The zero-order chi connectivity index (χ0) is 20.7. The lowest BCUT2D eigenvalue weighted by atomic mass is 10.1. The summed E-state index contributed by atoms with van der Waals surface area (Å²) in [5, 5.41) is 0.671.